The summed E-state index contributed by atoms with van der Waals surface area (Å²) in [4.78, 5) is 4.32. The number of para-hydroxylation sites is 1. The van der Waals surface area contributed by atoms with Gasteiger partial charge in [-0.3, -0.25) is 0 Å². The number of hydrogen-bond donors (Lipinski definition) is 2. The van der Waals surface area contributed by atoms with Crippen molar-refractivity contribution >= 4 is 17.2 Å². The summed E-state index contributed by atoms with van der Waals surface area (Å²) >= 11 is 0. The van der Waals surface area contributed by atoms with Gasteiger partial charge in [0, 0.05) is 18.1 Å². The van der Waals surface area contributed by atoms with Gasteiger partial charge < -0.3 is 10.6 Å². The van der Waals surface area contributed by atoms with Crippen LogP contribution in [0.15, 0.2) is 91.3 Å². The fourth-order valence-corrected chi connectivity index (χ4v) is 2.07. The molecule has 1 heterocycles. The van der Waals surface area contributed by atoms with Crippen LogP contribution in [0.25, 0.3) is 5.70 Å². The summed E-state index contributed by atoms with van der Waals surface area (Å²) < 4.78 is 0. The van der Waals surface area contributed by atoms with Crippen molar-refractivity contribution in [1.82, 2.24) is 4.98 Å². The van der Waals surface area contributed by atoms with Crippen LogP contribution in [0.4, 0.5) is 11.5 Å². The first-order valence-electron chi connectivity index (χ1n) is 7.17. The van der Waals surface area contributed by atoms with Crippen LogP contribution < -0.4 is 10.6 Å². The first-order valence-corrected chi connectivity index (χ1v) is 7.17. The largest absolute Gasteiger partial charge is 0.360 e. The van der Waals surface area contributed by atoms with Gasteiger partial charge in [-0.05, 0) is 29.8 Å². The Kier molecular flexibility index (Phi) is 4.47. The highest BCUT2D eigenvalue weighted by atomic mass is 15.0. The van der Waals surface area contributed by atoms with Gasteiger partial charge >= 0.3 is 0 Å². The molecular formula is C19H17N3. The summed E-state index contributed by atoms with van der Waals surface area (Å²) in [5.74, 6) is 0.812. The second kappa shape index (κ2) is 7.09. The molecule has 0 amide bonds. The third kappa shape index (κ3) is 3.73. The van der Waals surface area contributed by atoms with Gasteiger partial charge in [0.25, 0.3) is 0 Å². The predicted octanol–water partition coefficient (Wildman–Crippen LogP) is 4.60. The van der Waals surface area contributed by atoms with E-state index >= 15 is 0 Å². The molecule has 3 rings (SSSR count). The molecule has 0 saturated heterocycles. The van der Waals surface area contributed by atoms with E-state index < -0.39 is 0 Å². The summed E-state index contributed by atoms with van der Waals surface area (Å²) in [6.07, 6.45) is 3.73. The number of nitrogens with zero attached hydrogens (tertiary/aromatic N) is 1. The Hall–Kier alpha value is -3.07. The number of hydrogen-bond acceptors (Lipinski definition) is 3. The number of anilines is 2. The van der Waals surface area contributed by atoms with Crippen LogP contribution in [0.5, 0.6) is 0 Å². The first-order chi connectivity index (χ1) is 10.9. The average molecular weight is 287 g/mol. The average Bonchev–Trinajstić information content (AvgIpc) is 2.61. The van der Waals surface area contributed by atoms with Crippen molar-refractivity contribution < 1.29 is 0 Å². The lowest BCUT2D eigenvalue weighted by Crippen LogP contribution is -2.03. The third-order valence-corrected chi connectivity index (χ3v) is 3.17. The maximum absolute atomic E-state index is 4.32. The van der Waals surface area contributed by atoms with Gasteiger partial charge in [-0.25, -0.2) is 4.98 Å². The van der Waals surface area contributed by atoms with E-state index in [1.807, 2.05) is 72.9 Å². The van der Waals surface area contributed by atoms with Gasteiger partial charge in [0.2, 0.25) is 0 Å². The van der Waals surface area contributed by atoms with Gasteiger partial charge in [-0.2, -0.15) is 0 Å². The SMILES string of the molecule is C(/Nc1ccccc1)=C(\Nc1ccccn1)c1ccccc1. The van der Waals surface area contributed by atoms with Gasteiger partial charge in [-0.15, -0.1) is 0 Å². The van der Waals surface area contributed by atoms with E-state index in [0.29, 0.717) is 0 Å². The van der Waals surface area contributed by atoms with E-state index in [-0.39, 0.29) is 0 Å². The van der Waals surface area contributed by atoms with Crippen molar-refractivity contribution in [3.63, 3.8) is 0 Å². The number of benzene rings is 2. The highest BCUT2D eigenvalue weighted by Gasteiger charge is 2.02. The molecule has 0 aliphatic heterocycles. The van der Waals surface area contributed by atoms with E-state index in [9.17, 15) is 0 Å². The molecular weight excluding hydrogens is 270 g/mol. The molecule has 0 spiro atoms. The Labute approximate surface area is 130 Å². The Morgan fingerprint density at radius 1 is 0.773 bits per heavy atom. The first kappa shape index (κ1) is 13.9. The molecule has 0 fully saturated rings. The zero-order chi connectivity index (χ0) is 15.0. The highest BCUT2D eigenvalue weighted by Crippen LogP contribution is 2.17. The molecule has 0 saturated carbocycles. The predicted molar refractivity (Wildman–Crippen MR) is 92.3 cm³/mol. The van der Waals surface area contributed by atoms with Crippen LogP contribution in [0.1, 0.15) is 5.56 Å². The van der Waals surface area contributed by atoms with Crippen molar-refractivity contribution in [2.45, 2.75) is 0 Å². The quantitative estimate of drug-likeness (QED) is 0.720. The lowest BCUT2D eigenvalue weighted by Gasteiger charge is -2.11. The lowest BCUT2D eigenvalue weighted by molar-refractivity contribution is 1.31. The summed E-state index contributed by atoms with van der Waals surface area (Å²) in [6, 6.07) is 26.0. The van der Waals surface area contributed by atoms with Crippen LogP contribution in [0.3, 0.4) is 0 Å². The molecule has 108 valence electrons. The molecule has 0 bridgehead atoms. The molecule has 0 aliphatic rings. The second-order valence-electron chi connectivity index (χ2n) is 4.77. The molecule has 3 nitrogen and oxygen atoms in total. The highest BCUT2D eigenvalue weighted by molar-refractivity contribution is 5.76. The third-order valence-electron chi connectivity index (χ3n) is 3.17. The van der Waals surface area contributed by atoms with Gasteiger partial charge in [0.1, 0.15) is 5.82 Å². The van der Waals surface area contributed by atoms with Gasteiger partial charge in [-0.1, -0.05) is 54.6 Å². The fourth-order valence-electron chi connectivity index (χ4n) is 2.07. The molecule has 0 radical (unpaired) electrons. The van der Waals surface area contributed by atoms with Crippen LogP contribution in [0.2, 0.25) is 0 Å². The minimum Gasteiger partial charge on any atom is -0.360 e. The number of pyridine rings is 1. The summed E-state index contributed by atoms with van der Waals surface area (Å²) in [6.45, 7) is 0. The Bertz CT molecular complexity index is 722. The van der Waals surface area contributed by atoms with Crippen LogP contribution in [-0.4, -0.2) is 4.98 Å². The van der Waals surface area contributed by atoms with Crippen LogP contribution in [0, 0.1) is 0 Å². The van der Waals surface area contributed by atoms with Crippen molar-refractivity contribution in [3.8, 4) is 0 Å². The molecule has 2 N–H and O–H groups in total. The molecule has 0 atom stereocenters. The lowest BCUT2D eigenvalue weighted by atomic mass is 10.1. The monoisotopic (exact) mass is 287 g/mol. The standard InChI is InChI=1S/C19H17N3/c1-3-9-16(10-4-1)18(22-19-13-7-8-14-20-19)15-21-17-11-5-2-6-12-17/h1-15,21H,(H,20,22)/b18-15+. The topological polar surface area (TPSA) is 37.0 Å². The Morgan fingerprint density at radius 3 is 2.14 bits per heavy atom. The Balaban J connectivity index is 1.86. The zero-order valence-corrected chi connectivity index (χ0v) is 12.1. The maximum atomic E-state index is 4.32. The summed E-state index contributed by atoms with van der Waals surface area (Å²) in [5.41, 5.74) is 3.10. The second-order valence-corrected chi connectivity index (χ2v) is 4.77. The Morgan fingerprint density at radius 2 is 1.45 bits per heavy atom. The van der Waals surface area contributed by atoms with Crippen molar-refractivity contribution in [1.29, 1.82) is 0 Å². The minimum atomic E-state index is 0.812. The van der Waals surface area contributed by atoms with Crippen molar-refractivity contribution in [2.24, 2.45) is 0 Å². The van der Waals surface area contributed by atoms with Gasteiger partial charge in [0.15, 0.2) is 0 Å². The summed E-state index contributed by atoms with van der Waals surface area (Å²) in [5, 5.41) is 6.66. The van der Waals surface area contributed by atoms with E-state index in [4.69, 9.17) is 0 Å². The molecule has 2 aromatic carbocycles. The zero-order valence-electron chi connectivity index (χ0n) is 12.1. The number of rotatable bonds is 5. The fraction of sp³-hybridized carbons (Fsp3) is 0. The molecule has 22 heavy (non-hydrogen) atoms. The number of aromatic nitrogens is 1. The van der Waals surface area contributed by atoms with Crippen molar-refractivity contribution in [3.05, 3.63) is 96.8 Å². The molecule has 0 aliphatic carbocycles. The molecule has 3 heteroatoms. The van der Waals surface area contributed by atoms with E-state index in [1.165, 1.54) is 0 Å². The molecule has 1 aromatic heterocycles. The minimum absolute atomic E-state index is 0.812. The van der Waals surface area contributed by atoms with E-state index in [0.717, 1.165) is 22.8 Å². The maximum Gasteiger partial charge on any atom is 0.130 e. The van der Waals surface area contributed by atoms with E-state index in [1.54, 1.807) is 6.20 Å². The van der Waals surface area contributed by atoms with Crippen LogP contribution in [-0.2, 0) is 0 Å². The molecule has 0 unspecified atom stereocenters. The van der Waals surface area contributed by atoms with Crippen molar-refractivity contribution in [2.75, 3.05) is 10.6 Å². The smallest absolute Gasteiger partial charge is 0.130 e. The van der Waals surface area contributed by atoms with Gasteiger partial charge in [0.05, 0.1) is 5.70 Å². The summed E-state index contributed by atoms with van der Waals surface area (Å²) in [7, 11) is 0. The molecule has 3 aromatic rings. The van der Waals surface area contributed by atoms with Crippen LogP contribution >= 0.6 is 0 Å². The number of nitrogens with one attached hydrogen (secondary N) is 2. The normalized spacial score (nSPS) is 11.0. The van der Waals surface area contributed by atoms with E-state index in [2.05, 4.69) is 27.8 Å².